The summed E-state index contributed by atoms with van der Waals surface area (Å²) < 4.78 is 35.8. The van der Waals surface area contributed by atoms with Gasteiger partial charge in [0, 0.05) is 14.1 Å². The molecular weight excluding hydrogens is 433 g/mol. The number of hydrogen-bond acceptors (Lipinski definition) is 7. The Morgan fingerprint density at radius 3 is 2.56 bits per heavy atom. The second-order valence-corrected chi connectivity index (χ2v) is 9.87. The van der Waals surface area contributed by atoms with E-state index in [9.17, 15) is 18.3 Å². The Labute approximate surface area is 188 Å². The van der Waals surface area contributed by atoms with Crippen LogP contribution in [-0.2, 0) is 10.2 Å². The van der Waals surface area contributed by atoms with E-state index in [0.29, 0.717) is 5.76 Å². The molecule has 0 fully saturated rings. The molecule has 168 valence electrons. The number of carbonyl (C=O) groups is 1. The van der Waals surface area contributed by atoms with Crippen LogP contribution >= 0.6 is 0 Å². The number of aromatic hydroxyl groups is 1. The molecule has 0 unspecified atom stereocenters. The lowest BCUT2D eigenvalue weighted by Crippen LogP contribution is -2.33. The van der Waals surface area contributed by atoms with Gasteiger partial charge >= 0.3 is 10.2 Å². The zero-order chi connectivity index (χ0) is 23.8. The first kappa shape index (κ1) is 23.4. The van der Waals surface area contributed by atoms with E-state index in [1.165, 1.54) is 37.4 Å². The molecule has 0 spiro atoms. The standard InChI is InChI=1S/C20H24BN5O5S/c1-20(2,3)16(13-7-6-10-31-13)23-18-17(24-32(29,30)25-18)22-12-9-8-11(21)14(15(12)27)19(28)26(4)5/h6-10,16,27H,1-5H3,(H,22,24)(H,23,25)/t16-/m0/s1. The van der Waals surface area contributed by atoms with Crippen molar-refractivity contribution in [2.45, 2.75) is 26.8 Å². The van der Waals surface area contributed by atoms with Gasteiger partial charge in [-0.15, -0.1) is 4.40 Å². The van der Waals surface area contributed by atoms with Gasteiger partial charge in [-0.2, -0.15) is 8.42 Å². The number of carbonyl (C=O) groups excluding carboxylic acids is 1. The van der Waals surface area contributed by atoms with E-state index in [-0.39, 0.29) is 28.4 Å². The van der Waals surface area contributed by atoms with Crippen molar-refractivity contribution in [3.8, 4) is 5.75 Å². The summed E-state index contributed by atoms with van der Waals surface area (Å²) in [5.41, 5.74) is -0.417. The second-order valence-electron chi connectivity index (χ2n) is 8.53. The highest BCUT2D eigenvalue weighted by Gasteiger charge is 2.33. The third-order valence-corrected chi connectivity index (χ3v) is 5.51. The van der Waals surface area contributed by atoms with Crippen molar-refractivity contribution >= 4 is 46.8 Å². The lowest BCUT2D eigenvalue weighted by Gasteiger charge is -2.26. The molecule has 1 aliphatic rings. The van der Waals surface area contributed by atoms with Crippen LogP contribution in [0.4, 0.5) is 5.69 Å². The van der Waals surface area contributed by atoms with Crippen LogP contribution in [0.5, 0.6) is 5.75 Å². The molecule has 1 aliphatic heterocycles. The molecule has 0 saturated carbocycles. The van der Waals surface area contributed by atoms with Crippen molar-refractivity contribution in [1.82, 2.24) is 9.62 Å². The van der Waals surface area contributed by atoms with Crippen LogP contribution in [-0.4, -0.2) is 57.9 Å². The maximum Gasteiger partial charge on any atom is 0.345 e. The largest absolute Gasteiger partial charge is 0.505 e. The summed E-state index contributed by atoms with van der Waals surface area (Å²) in [6.07, 6.45) is 1.51. The third-order valence-electron chi connectivity index (χ3n) is 4.64. The third kappa shape index (κ3) is 4.80. The predicted octanol–water partition coefficient (Wildman–Crippen LogP) is 1.33. The summed E-state index contributed by atoms with van der Waals surface area (Å²) in [6, 6.07) is 5.77. The lowest BCUT2D eigenvalue weighted by atomic mass is 9.85. The highest BCUT2D eigenvalue weighted by molar-refractivity contribution is 7.89. The van der Waals surface area contributed by atoms with Gasteiger partial charge in [-0.3, -0.25) is 9.79 Å². The minimum absolute atomic E-state index is 0.0417. The molecule has 1 aromatic heterocycles. The second kappa shape index (κ2) is 8.34. The molecule has 2 heterocycles. The van der Waals surface area contributed by atoms with Crippen LogP contribution in [0, 0.1) is 5.41 Å². The molecule has 2 aromatic rings. The van der Waals surface area contributed by atoms with Crippen molar-refractivity contribution in [2.24, 2.45) is 14.8 Å². The van der Waals surface area contributed by atoms with Crippen molar-refractivity contribution in [3.63, 3.8) is 0 Å². The molecule has 0 aliphatic carbocycles. The van der Waals surface area contributed by atoms with Crippen molar-refractivity contribution < 1.29 is 22.7 Å². The summed E-state index contributed by atoms with van der Waals surface area (Å²) in [7, 11) is 4.85. The number of nitrogens with one attached hydrogen (secondary N) is 2. The Kier molecular flexibility index (Phi) is 6.10. The number of nitrogens with zero attached hydrogens (tertiary/aromatic N) is 3. The molecule has 1 amide bonds. The summed E-state index contributed by atoms with van der Waals surface area (Å²) >= 11 is 0. The Hall–Kier alpha value is -3.28. The van der Waals surface area contributed by atoms with Crippen LogP contribution in [0.25, 0.3) is 0 Å². The molecule has 10 nitrogen and oxygen atoms in total. The van der Waals surface area contributed by atoms with E-state index >= 15 is 0 Å². The van der Waals surface area contributed by atoms with Crippen molar-refractivity contribution in [3.05, 3.63) is 41.9 Å². The number of furan rings is 1. The van der Waals surface area contributed by atoms with Gasteiger partial charge in [0.2, 0.25) is 0 Å². The molecule has 12 heteroatoms. The fourth-order valence-corrected chi connectivity index (χ4v) is 3.88. The number of amides is 1. The smallest absolute Gasteiger partial charge is 0.345 e. The number of phenolic OH excluding ortho intramolecular Hbond substituents is 1. The summed E-state index contributed by atoms with van der Waals surface area (Å²) in [5.74, 6) is -0.604. The van der Waals surface area contributed by atoms with Crippen LogP contribution < -0.4 is 15.5 Å². The Bertz CT molecular complexity index is 1200. The number of phenols is 1. The van der Waals surface area contributed by atoms with Gasteiger partial charge in [0.05, 0.1) is 17.5 Å². The number of rotatable bonds is 4. The minimum atomic E-state index is -4.05. The van der Waals surface area contributed by atoms with Crippen LogP contribution in [0.15, 0.2) is 44.3 Å². The highest BCUT2D eigenvalue weighted by atomic mass is 32.2. The monoisotopic (exact) mass is 457 g/mol. The number of hydrogen-bond donors (Lipinski definition) is 3. The van der Waals surface area contributed by atoms with Gasteiger partial charge < -0.3 is 19.7 Å². The molecule has 3 N–H and O–H groups in total. The Morgan fingerprint density at radius 2 is 2.00 bits per heavy atom. The zero-order valence-electron chi connectivity index (χ0n) is 18.4. The lowest BCUT2D eigenvalue weighted by molar-refractivity contribution is 0.0826. The van der Waals surface area contributed by atoms with E-state index in [1.807, 2.05) is 20.8 Å². The van der Waals surface area contributed by atoms with Gasteiger partial charge in [0.1, 0.15) is 19.6 Å². The Balaban J connectivity index is 2.04. The molecule has 1 atom stereocenters. The molecule has 1 aromatic carbocycles. The maximum atomic E-state index is 12.4. The molecule has 2 radical (unpaired) electrons. The van der Waals surface area contributed by atoms with E-state index in [1.54, 1.807) is 12.1 Å². The first-order chi connectivity index (χ1) is 14.8. The van der Waals surface area contributed by atoms with Crippen LogP contribution in [0.2, 0.25) is 0 Å². The zero-order valence-corrected chi connectivity index (χ0v) is 19.2. The number of anilines is 1. The van der Waals surface area contributed by atoms with Crippen molar-refractivity contribution in [2.75, 3.05) is 19.4 Å². The van der Waals surface area contributed by atoms with Gasteiger partial charge in [-0.05, 0) is 23.6 Å². The predicted molar refractivity (Wildman–Crippen MR) is 123 cm³/mol. The van der Waals surface area contributed by atoms with Gasteiger partial charge in [-0.25, -0.2) is 4.72 Å². The molecule has 32 heavy (non-hydrogen) atoms. The molecular formula is C20H24BN5O5S. The molecule has 0 saturated heterocycles. The number of amidine groups is 2. The van der Waals surface area contributed by atoms with Gasteiger partial charge in [0.15, 0.2) is 17.4 Å². The average Bonchev–Trinajstić information content (AvgIpc) is 3.28. The summed E-state index contributed by atoms with van der Waals surface area (Å²) in [5, 5.41) is 13.4. The van der Waals surface area contributed by atoms with E-state index in [0.717, 1.165) is 0 Å². The highest BCUT2D eigenvalue weighted by Crippen LogP contribution is 2.37. The molecule has 0 bridgehead atoms. The number of benzene rings is 1. The van der Waals surface area contributed by atoms with E-state index in [2.05, 4.69) is 19.4 Å². The first-order valence-electron chi connectivity index (χ1n) is 9.64. The van der Waals surface area contributed by atoms with Crippen LogP contribution in [0.3, 0.4) is 0 Å². The minimum Gasteiger partial charge on any atom is -0.505 e. The van der Waals surface area contributed by atoms with E-state index in [4.69, 9.17) is 12.3 Å². The quantitative estimate of drug-likeness (QED) is 0.468. The van der Waals surface area contributed by atoms with Crippen molar-refractivity contribution in [1.29, 1.82) is 0 Å². The average molecular weight is 457 g/mol. The fourth-order valence-electron chi connectivity index (χ4n) is 3.07. The SMILES string of the molecule is [B]c1ccc(NC2=NS(=O)(=O)NC2=N[C@@H](c2ccco2)C(C)(C)C)c(O)c1C(=O)N(C)C. The topological polar surface area (TPSA) is 137 Å². The number of aliphatic imine (C=N–C) groups is 1. The van der Waals surface area contributed by atoms with Gasteiger partial charge in [0.25, 0.3) is 5.91 Å². The van der Waals surface area contributed by atoms with Crippen LogP contribution in [0.1, 0.15) is 42.9 Å². The normalized spacial score (nSPS) is 17.5. The molecule has 3 rings (SSSR count). The maximum absolute atomic E-state index is 12.4. The Morgan fingerprint density at radius 1 is 1.31 bits per heavy atom. The summed E-state index contributed by atoms with van der Waals surface area (Å²) in [6.45, 7) is 5.80. The van der Waals surface area contributed by atoms with Gasteiger partial charge in [-0.1, -0.05) is 32.3 Å². The van der Waals surface area contributed by atoms with E-state index < -0.39 is 33.3 Å². The first-order valence-corrected chi connectivity index (χ1v) is 11.1. The fraction of sp³-hybridized carbons (Fsp3) is 0.350. The summed E-state index contributed by atoms with van der Waals surface area (Å²) in [4.78, 5) is 18.2.